The van der Waals surface area contributed by atoms with E-state index in [9.17, 15) is 9.90 Å². The molecule has 0 aliphatic heterocycles. The Morgan fingerprint density at radius 1 is 0.909 bits per heavy atom. The predicted molar refractivity (Wildman–Crippen MR) is 94.7 cm³/mol. The third kappa shape index (κ3) is 2.61. The molecule has 0 spiro atoms. The summed E-state index contributed by atoms with van der Waals surface area (Å²) in [5.41, 5.74) is -0.405. The number of hydrogen-bond donors (Lipinski definition) is 1. The quantitative estimate of drug-likeness (QED) is 0.877. The van der Waals surface area contributed by atoms with Crippen molar-refractivity contribution >= 4 is 24.4 Å². The second kappa shape index (κ2) is 6.09. The molecule has 1 atom stereocenters. The molecular formula is C19H24O2Si. The third-order valence-electron chi connectivity index (χ3n) is 4.66. The minimum atomic E-state index is -2.52. The number of aliphatic carboxylic acids is 1. The molecule has 0 aliphatic rings. The van der Waals surface area contributed by atoms with Crippen LogP contribution in [-0.2, 0) is 4.79 Å². The van der Waals surface area contributed by atoms with Crippen LogP contribution in [0.1, 0.15) is 27.7 Å². The zero-order chi connectivity index (χ0) is 16.4. The number of benzene rings is 2. The molecule has 0 saturated carbocycles. The molecule has 0 bridgehead atoms. The molecule has 116 valence electrons. The van der Waals surface area contributed by atoms with E-state index in [-0.39, 0.29) is 5.04 Å². The molecular weight excluding hydrogens is 288 g/mol. The summed E-state index contributed by atoms with van der Waals surface area (Å²) in [7, 11) is -2.52. The lowest BCUT2D eigenvalue weighted by Gasteiger charge is -2.46. The lowest BCUT2D eigenvalue weighted by molar-refractivity contribution is -0.136. The predicted octanol–water partition coefficient (Wildman–Crippen LogP) is 3.52. The molecule has 1 unspecified atom stereocenters. The molecule has 3 heteroatoms. The largest absolute Gasteiger partial charge is 0.481 e. The van der Waals surface area contributed by atoms with Crippen molar-refractivity contribution in [2.24, 2.45) is 0 Å². The third-order valence-corrected chi connectivity index (χ3v) is 11.1. The lowest BCUT2D eigenvalue weighted by atomic mass is 10.2. The van der Waals surface area contributed by atoms with Crippen molar-refractivity contribution in [2.45, 2.75) is 38.3 Å². The first kappa shape index (κ1) is 16.5. The number of carboxylic acids is 1. The van der Waals surface area contributed by atoms with Crippen LogP contribution in [0.4, 0.5) is 0 Å². The van der Waals surface area contributed by atoms with E-state index in [1.807, 2.05) is 43.3 Å². The molecule has 0 amide bonds. The zero-order valence-corrected chi connectivity index (χ0v) is 14.7. The van der Waals surface area contributed by atoms with E-state index in [2.05, 4.69) is 45.0 Å². The van der Waals surface area contributed by atoms with E-state index in [0.29, 0.717) is 0 Å². The van der Waals surface area contributed by atoms with Gasteiger partial charge in [-0.15, -0.1) is 0 Å². The molecule has 2 rings (SSSR count). The first-order valence-electron chi connectivity index (χ1n) is 7.65. The van der Waals surface area contributed by atoms with E-state index in [1.165, 1.54) is 10.4 Å². The van der Waals surface area contributed by atoms with E-state index >= 15 is 0 Å². The van der Waals surface area contributed by atoms with Crippen molar-refractivity contribution in [3.8, 4) is 0 Å². The molecule has 0 radical (unpaired) electrons. The Labute approximate surface area is 133 Å². The van der Waals surface area contributed by atoms with Gasteiger partial charge in [-0.05, 0) is 5.04 Å². The molecule has 0 aromatic heterocycles. The van der Waals surface area contributed by atoms with Crippen LogP contribution in [0.2, 0.25) is 10.6 Å². The fourth-order valence-electron chi connectivity index (χ4n) is 3.77. The van der Waals surface area contributed by atoms with E-state index < -0.39 is 19.6 Å². The van der Waals surface area contributed by atoms with Crippen LogP contribution < -0.4 is 10.4 Å². The average molecular weight is 312 g/mol. The summed E-state index contributed by atoms with van der Waals surface area (Å²) in [5.74, 6) is -0.714. The minimum Gasteiger partial charge on any atom is -0.481 e. The fraction of sp³-hybridized carbons (Fsp3) is 0.316. The Kier molecular flexibility index (Phi) is 4.57. The molecule has 22 heavy (non-hydrogen) atoms. The standard InChI is InChI=1S/C19H24O2Si/c1-15(18(20)21)22(19(2,3)4,16-11-7-5-8-12-16)17-13-9-6-10-14-17/h5-15H,1-4H3,(H,20,21). The monoisotopic (exact) mass is 312 g/mol. The molecule has 0 fully saturated rings. The van der Waals surface area contributed by atoms with E-state index in [0.717, 1.165) is 0 Å². The fourth-order valence-corrected chi connectivity index (χ4v) is 9.94. The summed E-state index contributed by atoms with van der Waals surface area (Å²) < 4.78 is 0. The number of rotatable bonds is 4. The van der Waals surface area contributed by atoms with Crippen LogP contribution in [0.15, 0.2) is 60.7 Å². The lowest BCUT2D eigenvalue weighted by Crippen LogP contribution is -2.67. The summed E-state index contributed by atoms with van der Waals surface area (Å²) in [6.45, 7) is 8.41. The van der Waals surface area contributed by atoms with Crippen LogP contribution in [0.3, 0.4) is 0 Å². The van der Waals surface area contributed by atoms with Crippen LogP contribution >= 0.6 is 0 Å². The van der Waals surface area contributed by atoms with Crippen LogP contribution in [0.25, 0.3) is 0 Å². The Morgan fingerprint density at radius 2 is 1.27 bits per heavy atom. The van der Waals surface area contributed by atoms with Crippen LogP contribution in [-0.4, -0.2) is 19.1 Å². The minimum absolute atomic E-state index is 0.118. The van der Waals surface area contributed by atoms with Crippen molar-refractivity contribution in [3.05, 3.63) is 60.7 Å². The Bertz CT molecular complexity index is 590. The van der Waals surface area contributed by atoms with Gasteiger partial charge in [0.15, 0.2) is 0 Å². The smallest absolute Gasteiger partial charge is 0.304 e. The highest BCUT2D eigenvalue weighted by molar-refractivity contribution is 7.06. The molecule has 0 heterocycles. The first-order chi connectivity index (χ1) is 10.3. The molecule has 2 nitrogen and oxygen atoms in total. The summed E-state index contributed by atoms with van der Waals surface area (Å²) in [4.78, 5) is 12.0. The van der Waals surface area contributed by atoms with Gasteiger partial charge in [-0.1, -0.05) is 98.7 Å². The van der Waals surface area contributed by atoms with Gasteiger partial charge in [0.1, 0.15) is 8.07 Å². The van der Waals surface area contributed by atoms with Gasteiger partial charge in [0.2, 0.25) is 0 Å². The molecule has 0 saturated heterocycles. The van der Waals surface area contributed by atoms with Gasteiger partial charge in [0.05, 0.1) is 5.54 Å². The Hall–Kier alpha value is -1.87. The maximum atomic E-state index is 12.0. The summed E-state index contributed by atoms with van der Waals surface area (Å²) in [6, 6.07) is 20.4. The van der Waals surface area contributed by atoms with Crippen molar-refractivity contribution in [3.63, 3.8) is 0 Å². The highest BCUT2D eigenvalue weighted by atomic mass is 28.3. The summed E-state index contributed by atoms with van der Waals surface area (Å²) in [5, 5.41) is 12.1. The van der Waals surface area contributed by atoms with Gasteiger partial charge in [0, 0.05) is 0 Å². The zero-order valence-electron chi connectivity index (χ0n) is 13.7. The summed E-state index contributed by atoms with van der Waals surface area (Å²) in [6.07, 6.45) is 0. The topological polar surface area (TPSA) is 37.3 Å². The molecule has 0 aliphatic carbocycles. The normalized spacial score (nSPS) is 13.6. The number of hydrogen-bond acceptors (Lipinski definition) is 1. The van der Waals surface area contributed by atoms with Crippen molar-refractivity contribution in [2.75, 3.05) is 0 Å². The van der Waals surface area contributed by atoms with Crippen molar-refractivity contribution in [1.82, 2.24) is 0 Å². The van der Waals surface area contributed by atoms with Crippen LogP contribution in [0.5, 0.6) is 0 Å². The van der Waals surface area contributed by atoms with Crippen molar-refractivity contribution < 1.29 is 9.90 Å². The first-order valence-corrected chi connectivity index (χ1v) is 9.73. The van der Waals surface area contributed by atoms with Gasteiger partial charge in [-0.3, -0.25) is 4.79 Å². The maximum Gasteiger partial charge on any atom is 0.304 e. The van der Waals surface area contributed by atoms with E-state index in [1.54, 1.807) is 0 Å². The maximum absolute atomic E-state index is 12.0. The van der Waals surface area contributed by atoms with Gasteiger partial charge in [-0.25, -0.2) is 0 Å². The highest BCUT2D eigenvalue weighted by Gasteiger charge is 2.53. The van der Waals surface area contributed by atoms with Gasteiger partial charge in [0.25, 0.3) is 0 Å². The summed E-state index contributed by atoms with van der Waals surface area (Å²) >= 11 is 0. The second-order valence-electron chi connectivity index (χ2n) is 6.85. The van der Waals surface area contributed by atoms with E-state index in [4.69, 9.17) is 0 Å². The average Bonchev–Trinajstić information content (AvgIpc) is 2.48. The Balaban J connectivity index is 2.85. The van der Waals surface area contributed by atoms with Gasteiger partial charge >= 0.3 is 5.97 Å². The molecule has 2 aromatic rings. The SMILES string of the molecule is CC(C(=O)O)[Si](c1ccccc1)(c1ccccc1)C(C)(C)C. The van der Waals surface area contributed by atoms with Gasteiger partial charge in [-0.2, -0.15) is 0 Å². The van der Waals surface area contributed by atoms with Gasteiger partial charge < -0.3 is 5.11 Å². The second-order valence-corrected chi connectivity index (χ2v) is 12.0. The number of carbonyl (C=O) groups is 1. The van der Waals surface area contributed by atoms with Crippen LogP contribution in [0, 0.1) is 0 Å². The molecule has 1 N–H and O–H groups in total. The number of carboxylic acid groups (broad SMARTS) is 1. The molecule has 2 aromatic carbocycles. The van der Waals surface area contributed by atoms with Crippen molar-refractivity contribution in [1.29, 1.82) is 0 Å². The highest BCUT2D eigenvalue weighted by Crippen LogP contribution is 2.43. The Morgan fingerprint density at radius 3 is 1.55 bits per heavy atom.